The monoisotopic (exact) mass is 1010 g/mol. The van der Waals surface area contributed by atoms with E-state index in [2.05, 4.69) is 248 Å². The van der Waals surface area contributed by atoms with Gasteiger partial charge in [0, 0.05) is 50.4 Å². The summed E-state index contributed by atoms with van der Waals surface area (Å²) in [6.45, 7) is 6.37. The molecule has 9 aromatic rings. The summed E-state index contributed by atoms with van der Waals surface area (Å²) in [5, 5.41) is 0. The van der Waals surface area contributed by atoms with Crippen molar-refractivity contribution in [2.45, 2.75) is 20.8 Å². The van der Waals surface area contributed by atoms with Crippen LogP contribution in [0.5, 0.6) is 0 Å². The highest BCUT2D eigenvalue weighted by Crippen LogP contribution is 2.46. The van der Waals surface area contributed by atoms with Crippen LogP contribution in [-0.2, 0) is 0 Å². The molecule has 0 atom stereocenters. The van der Waals surface area contributed by atoms with Gasteiger partial charge in [0.25, 0.3) is 0 Å². The first-order chi connectivity index (χ1) is 36.8. The molecule has 1 fully saturated rings. The van der Waals surface area contributed by atoms with Gasteiger partial charge in [0.2, 0.25) is 0 Å². The SMILES string of the molecule is Cc1ccc(N2[Si](C#Cc3ccccc3)(C#Cc3ccccc3)N(c3ccc(C)cc3)[Si](C#Cc3ccccc3)(C#Cc3ccccc3)N(c3ccc(C)cc3)[Si]2(C#Cc2ccccc2)C#Cc2ccccc2)cc1. The molecule has 3 nitrogen and oxygen atoms in total. The third kappa shape index (κ3) is 10.8. The molecule has 0 aliphatic carbocycles. The van der Waals surface area contributed by atoms with Gasteiger partial charge < -0.3 is 12.7 Å². The number of aryl methyl sites for hydroxylation is 3. The molecule has 0 saturated carbocycles. The number of benzene rings is 9. The van der Waals surface area contributed by atoms with Gasteiger partial charge in [0.1, 0.15) is 0 Å². The highest BCUT2D eigenvalue weighted by atomic mass is 28.5. The van der Waals surface area contributed by atoms with Crippen LogP contribution >= 0.6 is 0 Å². The average molecular weight is 1010 g/mol. The summed E-state index contributed by atoms with van der Waals surface area (Å²) < 4.78 is 7.61. The highest BCUT2D eigenvalue weighted by molar-refractivity contribution is 7.33. The van der Waals surface area contributed by atoms with Gasteiger partial charge in [-0.2, -0.15) is 0 Å². The molecule has 1 saturated heterocycles. The summed E-state index contributed by atoms with van der Waals surface area (Å²) in [6, 6.07) is 87.7. The maximum Gasteiger partial charge on any atom is 0.421 e. The lowest BCUT2D eigenvalue weighted by Crippen LogP contribution is -2.94. The van der Waals surface area contributed by atoms with Crippen molar-refractivity contribution in [2.24, 2.45) is 0 Å². The third-order valence-electron chi connectivity index (χ3n) is 12.7. The van der Waals surface area contributed by atoms with Gasteiger partial charge in [-0.1, -0.05) is 231 Å². The van der Waals surface area contributed by atoms with E-state index < -0.39 is 25.2 Å². The summed E-state index contributed by atoms with van der Waals surface area (Å²) in [5.74, 6) is 22.8. The summed E-state index contributed by atoms with van der Waals surface area (Å²) in [7, 11) is -12.6. The standard InChI is InChI=1S/C69H51N3Si3/c1-58-34-40-67(41-35-58)70-73(52-46-61-22-10-4-11-23-61,53-47-62-24-12-5-13-25-62)71(68-42-36-59(2)37-43-68)75(56-50-65-30-18-8-19-31-65,57-51-66-32-20-9-21-33-66)72(69-44-38-60(3)39-45-69)74(70,54-48-63-26-14-6-15-27-63)55-49-64-28-16-7-17-29-64/h4-45H,1-3H3. The van der Waals surface area contributed by atoms with Crippen LogP contribution in [-0.4, -0.2) is 25.2 Å². The zero-order chi connectivity index (χ0) is 51.3. The Morgan fingerprint density at radius 1 is 0.213 bits per heavy atom. The minimum absolute atomic E-state index is 0.857. The fourth-order valence-corrected chi connectivity index (χ4v) is 26.6. The minimum Gasteiger partial charge on any atom is -0.353 e. The molecule has 10 rings (SSSR count). The molecule has 75 heavy (non-hydrogen) atoms. The predicted octanol–water partition coefficient (Wildman–Crippen LogP) is 13.3. The van der Waals surface area contributed by atoms with Crippen LogP contribution < -0.4 is 12.7 Å². The molecule has 1 aliphatic heterocycles. The lowest BCUT2D eigenvalue weighted by atomic mass is 10.2. The Kier molecular flexibility index (Phi) is 14.7. The first-order valence-corrected chi connectivity index (χ1v) is 30.6. The van der Waals surface area contributed by atoms with E-state index in [1.165, 1.54) is 0 Å². The van der Waals surface area contributed by atoms with Crippen LogP contribution in [0.3, 0.4) is 0 Å². The van der Waals surface area contributed by atoms with Crippen molar-refractivity contribution in [2.75, 3.05) is 12.7 Å². The topological polar surface area (TPSA) is 9.72 Å². The third-order valence-corrected chi connectivity index (χ3v) is 26.8. The van der Waals surface area contributed by atoms with Crippen LogP contribution in [0.25, 0.3) is 0 Å². The van der Waals surface area contributed by atoms with E-state index in [4.69, 9.17) is 0 Å². The van der Waals surface area contributed by atoms with Crippen molar-refractivity contribution in [3.63, 3.8) is 0 Å². The molecule has 1 heterocycles. The Labute approximate surface area is 446 Å². The van der Waals surface area contributed by atoms with Gasteiger partial charge in [-0.05, 0) is 130 Å². The Balaban J connectivity index is 1.53. The van der Waals surface area contributed by atoms with Gasteiger partial charge in [-0.3, -0.25) is 0 Å². The van der Waals surface area contributed by atoms with E-state index in [1.54, 1.807) is 0 Å². The summed E-state index contributed by atoms with van der Waals surface area (Å²) in [4.78, 5) is 0. The first-order valence-electron chi connectivity index (χ1n) is 24.9. The molecule has 0 aromatic heterocycles. The Morgan fingerprint density at radius 2 is 0.373 bits per heavy atom. The largest absolute Gasteiger partial charge is 0.421 e. The minimum atomic E-state index is -4.22. The Morgan fingerprint density at radius 3 is 0.533 bits per heavy atom. The average Bonchev–Trinajstić information content (AvgIpc) is 3.52. The summed E-state index contributed by atoms with van der Waals surface area (Å²) in [6.07, 6.45) is 0. The van der Waals surface area contributed by atoms with E-state index in [0.717, 1.165) is 67.1 Å². The van der Waals surface area contributed by atoms with Gasteiger partial charge >= 0.3 is 25.2 Å². The lowest BCUT2D eigenvalue weighted by Gasteiger charge is -2.63. The molecule has 0 unspecified atom stereocenters. The normalized spacial score (nSPS) is 13.4. The number of nitrogens with zero attached hydrogens (tertiary/aromatic N) is 3. The molecular formula is C69H51N3Si3. The van der Waals surface area contributed by atoms with Crippen LogP contribution in [0.15, 0.2) is 255 Å². The van der Waals surface area contributed by atoms with E-state index in [1.807, 2.05) is 109 Å². The summed E-state index contributed by atoms with van der Waals surface area (Å²) in [5.41, 5.74) is 36.2. The molecule has 0 radical (unpaired) electrons. The molecule has 0 bridgehead atoms. The van der Waals surface area contributed by atoms with E-state index >= 15 is 0 Å². The second-order valence-electron chi connectivity index (χ2n) is 18.2. The van der Waals surface area contributed by atoms with Gasteiger partial charge in [-0.25, -0.2) is 0 Å². The number of hydrogen-bond acceptors (Lipinski definition) is 3. The van der Waals surface area contributed by atoms with E-state index in [0.29, 0.717) is 0 Å². The van der Waals surface area contributed by atoms with Crippen LogP contribution in [0.4, 0.5) is 17.1 Å². The molecule has 9 aromatic carbocycles. The zero-order valence-corrected chi connectivity index (χ0v) is 45.1. The highest BCUT2D eigenvalue weighted by Gasteiger charge is 2.73. The first kappa shape index (κ1) is 49.0. The maximum absolute atomic E-state index is 4.22. The van der Waals surface area contributed by atoms with Crippen LogP contribution in [0.2, 0.25) is 0 Å². The van der Waals surface area contributed by atoms with Gasteiger partial charge in [-0.15, -0.1) is 0 Å². The Hall–Kier alpha value is -9.61. The Bertz CT molecular complexity index is 3220. The fourth-order valence-electron chi connectivity index (χ4n) is 9.05. The molecule has 6 heteroatoms. The van der Waals surface area contributed by atoms with Crippen LogP contribution in [0.1, 0.15) is 50.1 Å². The zero-order valence-electron chi connectivity index (χ0n) is 42.1. The molecule has 1 aliphatic rings. The fraction of sp³-hybridized carbons (Fsp3) is 0.0435. The number of rotatable bonds is 3. The molecule has 0 amide bonds. The molecule has 354 valence electrons. The van der Waals surface area contributed by atoms with Crippen molar-refractivity contribution < 1.29 is 0 Å². The predicted molar refractivity (Wildman–Crippen MR) is 318 cm³/mol. The van der Waals surface area contributed by atoms with E-state index in [-0.39, 0.29) is 0 Å². The second-order valence-corrected chi connectivity index (χ2v) is 27.8. The summed E-state index contributed by atoms with van der Waals surface area (Å²) >= 11 is 0. The van der Waals surface area contributed by atoms with Crippen molar-refractivity contribution in [1.82, 2.24) is 0 Å². The van der Waals surface area contributed by atoms with Crippen LogP contribution in [0, 0.1) is 89.6 Å². The van der Waals surface area contributed by atoms with Crippen molar-refractivity contribution in [3.05, 3.63) is 305 Å². The number of anilines is 3. The molecule has 0 N–H and O–H groups in total. The van der Waals surface area contributed by atoms with Gasteiger partial charge in [0.15, 0.2) is 0 Å². The molecule has 0 spiro atoms. The second kappa shape index (κ2) is 22.4. The smallest absolute Gasteiger partial charge is 0.353 e. The lowest BCUT2D eigenvalue weighted by molar-refractivity contribution is 1.24. The molecular weight excluding hydrogens is 955 g/mol. The van der Waals surface area contributed by atoms with Crippen molar-refractivity contribution in [1.29, 1.82) is 0 Å². The van der Waals surface area contributed by atoms with Crippen molar-refractivity contribution in [3.8, 4) is 68.8 Å². The van der Waals surface area contributed by atoms with E-state index in [9.17, 15) is 0 Å². The maximum atomic E-state index is 4.17. The van der Waals surface area contributed by atoms with Gasteiger partial charge in [0.05, 0.1) is 0 Å². The number of hydrogen-bond donors (Lipinski definition) is 0. The van der Waals surface area contributed by atoms with Crippen molar-refractivity contribution >= 4 is 42.3 Å². The quantitative estimate of drug-likeness (QED) is 0.129.